The highest BCUT2D eigenvalue weighted by Crippen LogP contribution is 2.12. The van der Waals surface area contributed by atoms with E-state index in [2.05, 4.69) is 13.0 Å². The van der Waals surface area contributed by atoms with Gasteiger partial charge in [0.15, 0.2) is 5.78 Å². The van der Waals surface area contributed by atoms with Crippen LogP contribution < -0.4 is 0 Å². The van der Waals surface area contributed by atoms with Crippen LogP contribution in [0.2, 0.25) is 0 Å². The van der Waals surface area contributed by atoms with E-state index in [0.29, 0.717) is 13.0 Å². The van der Waals surface area contributed by atoms with Crippen molar-refractivity contribution < 1.29 is 9.53 Å². The molecule has 0 atom stereocenters. The average molecular weight is 252 g/mol. The van der Waals surface area contributed by atoms with Gasteiger partial charge in [-0.2, -0.15) is 0 Å². The zero-order chi connectivity index (χ0) is 13.1. The second-order valence-corrected chi connectivity index (χ2v) is 5.41. The summed E-state index contributed by atoms with van der Waals surface area (Å²) in [7, 11) is 0. The van der Waals surface area contributed by atoms with Crippen molar-refractivity contribution in [3.63, 3.8) is 0 Å². The minimum Gasteiger partial charge on any atom is -0.374 e. The lowest BCUT2D eigenvalue weighted by molar-refractivity contribution is -0.123. The topological polar surface area (TPSA) is 26.3 Å². The van der Waals surface area contributed by atoms with Crippen molar-refractivity contribution in [2.24, 2.45) is 0 Å². The van der Waals surface area contributed by atoms with Crippen LogP contribution in [0, 0.1) is 0 Å². The molecule has 0 fully saturated rings. The van der Waals surface area contributed by atoms with Gasteiger partial charge < -0.3 is 4.74 Å². The Hall–Kier alpha value is -0.630. The van der Waals surface area contributed by atoms with Gasteiger partial charge in [-0.05, 0) is 32.6 Å². The van der Waals surface area contributed by atoms with Crippen LogP contribution in [-0.2, 0) is 9.53 Å². The summed E-state index contributed by atoms with van der Waals surface area (Å²) in [5, 5.41) is 0. The van der Waals surface area contributed by atoms with Crippen LogP contribution in [0.25, 0.3) is 0 Å². The Morgan fingerprint density at radius 2 is 1.61 bits per heavy atom. The molecule has 1 heterocycles. The molecule has 0 aromatic rings. The second kappa shape index (κ2) is 10.3. The standard InChI is InChI=1S/C16H28O2/c1-15-10-8-6-4-2-3-5-7-9-13-18-14-16(17)12-11-15/h10H,2-9,11-14H2,1H3. The van der Waals surface area contributed by atoms with E-state index < -0.39 is 0 Å². The van der Waals surface area contributed by atoms with E-state index in [1.165, 1.54) is 50.5 Å². The average Bonchev–Trinajstić information content (AvgIpc) is 2.36. The molecule has 2 nitrogen and oxygen atoms in total. The van der Waals surface area contributed by atoms with Crippen LogP contribution in [0.1, 0.15) is 71.1 Å². The zero-order valence-electron chi connectivity index (χ0n) is 11.9. The Kier molecular flexibility index (Phi) is 8.83. The Balaban J connectivity index is 2.29. The lowest BCUT2D eigenvalue weighted by Gasteiger charge is -2.06. The van der Waals surface area contributed by atoms with E-state index in [-0.39, 0.29) is 5.78 Å². The molecule has 0 N–H and O–H groups in total. The van der Waals surface area contributed by atoms with Crippen molar-refractivity contribution in [1.29, 1.82) is 0 Å². The molecule has 0 amide bonds. The number of carbonyl (C=O) groups is 1. The van der Waals surface area contributed by atoms with Crippen LogP contribution in [-0.4, -0.2) is 19.0 Å². The fraction of sp³-hybridized carbons (Fsp3) is 0.812. The highest BCUT2D eigenvalue weighted by molar-refractivity contribution is 5.79. The van der Waals surface area contributed by atoms with Crippen molar-refractivity contribution in [2.45, 2.75) is 71.1 Å². The zero-order valence-corrected chi connectivity index (χ0v) is 11.9. The first kappa shape index (κ1) is 15.4. The smallest absolute Gasteiger partial charge is 0.158 e. The molecule has 0 saturated heterocycles. The molecular formula is C16H28O2. The molecule has 104 valence electrons. The number of ether oxygens (including phenoxy) is 1. The van der Waals surface area contributed by atoms with Gasteiger partial charge in [0.25, 0.3) is 0 Å². The quantitative estimate of drug-likeness (QED) is 0.596. The fourth-order valence-corrected chi connectivity index (χ4v) is 2.28. The number of rotatable bonds is 0. The van der Waals surface area contributed by atoms with Gasteiger partial charge in [-0.1, -0.05) is 43.8 Å². The second-order valence-electron chi connectivity index (χ2n) is 5.41. The van der Waals surface area contributed by atoms with E-state index in [1.54, 1.807) is 0 Å². The third-order valence-corrected chi connectivity index (χ3v) is 3.55. The molecule has 1 rings (SSSR count). The monoisotopic (exact) mass is 252 g/mol. The maximum Gasteiger partial charge on any atom is 0.158 e. The molecule has 1 aliphatic heterocycles. The normalized spacial score (nSPS) is 22.5. The summed E-state index contributed by atoms with van der Waals surface area (Å²) in [6.45, 7) is 3.20. The molecule has 0 aliphatic carbocycles. The predicted molar refractivity (Wildman–Crippen MR) is 75.8 cm³/mol. The predicted octanol–water partition coefficient (Wildman–Crippen LogP) is 4.43. The summed E-state index contributed by atoms with van der Waals surface area (Å²) >= 11 is 0. The van der Waals surface area contributed by atoms with Gasteiger partial charge >= 0.3 is 0 Å². The van der Waals surface area contributed by atoms with Crippen molar-refractivity contribution in [2.75, 3.05) is 13.2 Å². The van der Waals surface area contributed by atoms with Crippen LogP contribution in [0.15, 0.2) is 11.6 Å². The van der Waals surface area contributed by atoms with E-state index in [9.17, 15) is 4.79 Å². The molecule has 1 aliphatic rings. The number of Topliss-reactive ketones (excluding diaryl/α,β-unsaturated/α-hetero) is 1. The van der Waals surface area contributed by atoms with Gasteiger partial charge in [0.1, 0.15) is 6.61 Å². The highest BCUT2D eigenvalue weighted by atomic mass is 16.5. The molecule has 0 unspecified atom stereocenters. The Bertz CT molecular complexity index is 256. The summed E-state index contributed by atoms with van der Waals surface area (Å²) < 4.78 is 5.41. The molecule has 0 radical (unpaired) electrons. The lowest BCUT2D eigenvalue weighted by Crippen LogP contribution is -2.09. The minimum atomic E-state index is 0.245. The first-order valence-corrected chi connectivity index (χ1v) is 7.54. The maximum atomic E-state index is 11.6. The number of ketones is 1. The largest absolute Gasteiger partial charge is 0.374 e. The van der Waals surface area contributed by atoms with Gasteiger partial charge in [-0.3, -0.25) is 4.79 Å². The number of carbonyl (C=O) groups excluding carboxylic acids is 1. The molecule has 0 spiro atoms. The number of hydrogen-bond donors (Lipinski definition) is 0. The summed E-state index contributed by atoms with van der Waals surface area (Å²) in [4.78, 5) is 11.6. The van der Waals surface area contributed by atoms with Gasteiger partial charge in [-0.15, -0.1) is 0 Å². The SMILES string of the molecule is CC1=CCCCCCCCCCOCC(=O)CC1. The molecule has 2 heteroatoms. The van der Waals surface area contributed by atoms with E-state index in [4.69, 9.17) is 4.74 Å². The molecule has 0 saturated carbocycles. The van der Waals surface area contributed by atoms with Crippen molar-refractivity contribution in [3.05, 3.63) is 11.6 Å². The molecule has 0 bridgehead atoms. The van der Waals surface area contributed by atoms with Gasteiger partial charge in [0, 0.05) is 13.0 Å². The van der Waals surface area contributed by atoms with Gasteiger partial charge in [0.2, 0.25) is 0 Å². The van der Waals surface area contributed by atoms with E-state index >= 15 is 0 Å². The fourth-order valence-electron chi connectivity index (χ4n) is 2.28. The lowest BCUT2D eigenvalue weighted by atomic mass is 10.0. The van der Waals surface area contributed by atoms with Crippen molar-refractivity contribution in [3.8, 4) is 0 Å². The minimum absolute atomic E-state index is 0.245. The van der Waals surface area contributed by atoms with Crippen molar-refractivity contribution in [1.82, 2.24) is 0 Å². The first-order valence-electron chi connectivity index (χ1n) is 7.54. The number of allylic oxidation sites excluding steroid dienone is 2. The third kappa shape index (κ3) is 8.46. The van der Waals surface area contributed by atoms with Gasteiger partial charge in [0.05, 0.1) is 0 Å². The summed E-state index contributed by atoms with van der Waals surface area (Å²) in [5.74, 6) is 0.245. The summed E-state index contributed by atoms with van der Waals surface area (Å²) in [6, 6.07) is 0. The summed E-state index contributed by atoms with van der Waals surface area (Å²) in [6.07, 6.45) is 14.0. The van der Waals surface area contributed by atoms with Crippen LogP contribution in [0.3, 0.4) is 0 Å². The molecule has 18 heavy (non-hydrogen) atoms. The maximum absolute atomic E-state index is 11.6. The van der Waals surface area contributed by atoms with Crippen LogP contribution in [0.4, 0.5) is 0 Å². The molecule has 0 aromatic heterocycles. The van der Waals surface area contributed by atoms with Crippen LogP contribution >= 0.6 is 0 Å². The van der Waals surface area contributed by atoms with Crippen LogP contribution in [0.5, 0.6) is 0 Å². The third-order valence-electron chi connectivity index (χ3n) is 3.55. The Morgan fingerprint density at radius 1 is 0.944 bits per heavy atom. The Labute approximate surface area is 112 Å². The van der Waals surface area contributed by atoms with Gasteiger partial charge in [-0.25, -0.2) is 0 Å². The van der Waals surface area contributed by atoms with Crippen molar-refractivity contribution >= 4 is 5.78 Å². The Morgan fingerprint density at radius 3 is 2.39 bits per heavy atom. The summed E-state index contributed by atoms with van der Waals surface area (Å²) in [5.41, 5.74) is 1.36. The van der Waals surface area contributed by atoms with E-state index in [1.807, 2.05) is 0 Å². The number of hydrogen-bond acceptors (Lipinski definition) is 2. The molecular weight excluding hydrogens is 224 g/mol. The first-order chi connectivity index (χ1) is 8.79. The highest BCUT2D eigenvalue weighted by Gasteiger charge is 2.03. The molecule has 0 aromatic carbocycles. The van der Waals surface area contributed by atoms with E-state index in [0.717, 1.165) is 19.4 Å².